The minimum atomic E-state index is -0.943. The molecule has 3 aromatic rings. The van der Waals surface area contributed by atoms with Crippen LogP contribution in [-0.4, -0.2) is 21.3 Å². The van der Waals surface area contributed by atoms with Crippen LogP contribution in [0, 0.1) is 0 Å². The van der Waals surface area contributed by atoms with Gasteiger partial charge in [-0.05, 0) is 28.8 Å². The average molecular weight is 318 g/mol. The van der Waals surface area contributed by atoms with Crippen molar-refractivity contribution in [3.8, 4) is 10.8 Å². The van der Waals surface area contributed by atoms with Crippen molar-refractivity contribution in [1.82, 2.24) is 10.2 Å². The van der Waals surface area contributed by atoms with E-state index in [1.165, 1.54) is 11.3 Å². The van der Waals surface area contributed by atoms with Crippen molar-refractivity contribution in [3.63, 3.8) is 0 Å². The first-order valence-electron chi connectivity index (χ1n) is 6.06. The monoisotopic (exact) mass is 318 g/mol. The number of benzene rings is 1. The van der Waals surface area contributed by atoms with Crippen LogP contribution in [0.4, 0.5) is 0 Å². The SMILES string of the molecule is O=C(O)C(Sc1nnc(-c2cccs2)o1)c1ccccc1. The minimum absolute atomic E-state index is 0.245. The molecule has 2 heterocycles. The first-order valence-corrected chi connectivity index (χ1v) is 7.82. The Morgan fingerprint density at radius 2 is 2.00 bits per heavy atom. The van der Waals surface area contributed by atoms with Crippen molar-refractivity contribution in [1.29, 1.82) is 0 Å². The second kappa shape index (κ2) is 6.11. The van der Waals surface area contributed by atoms with Crippen molar-refractivity contribution in [2.24, 2.45) is 0 Å². The number of carboxylic acids is 1. The van der Waals surface area contributed by atoms with Crippen molar-refractivity contribution in [2.75, 3.05) is 0 Å². The van der Waals surface area contributed by atoms with E-state index in [-0.39, 0.29) is 5.22 Å². The smallest absolute Gasteiger partial charge is 0.321 e. The molecule has 5 nitrogen and oxygen atoms in total. The number of carbonyl (C=O) groups is 1. The maximum Gasteiger partial charge on any atom is 0.321 e. The number of aromatic nitrogens is 2. The molecular weight excluding hydrogens is 308 g/mol. The number of thiophene rings is 1. The van der Waals surface area contributed by atoms with Crippen molar-refractivity contribution in [3.05, 3.63) is 53.4 Å². The molecule has 0 aliphatic heterocycles. The molecule has 1 aromatic carbocycles. The Kier molecular flexibility index (Phi) is 4.03. The summed E-state index contributed by atoms with van der Waals surface area (Å²) >= 11 is 2.52. The zero-order valence-electron chi connectivity index (χ0n) is 10.7. The number of aliphatic carboxylic acids is 1. The molecule has 0 radical (unpaired) electrons. The molecule has 0 spiro atoms. The van der Waals surface area contributed by atoms with Gasteiger partial charge >= 0.3 is 5.97 Å². The molecule has 0 amide bonds. The molecule has 0 fully saturated rings. The number of thioether (sulfide) groups is 1. The lowest BCUT2D eigenvalue weighted by Gasteiger charge is -2.09. The lowest BCUT2D eigenvalue weighted by Crippen LogP contribution is -2.07. The second-order valence-electron chi connectivity index (χ2n) is 4.10. The van der Waals surface area contributed by atoms with E-state index in [9.17, 15) is 9.90 Å². The third-order valence-electron chi connectivity index (χ3n) is 2.68. The van der Waals surface area contributed by atoms with E-state index < -0.39 is 11.2 Å². The van der Waals surface area contributed by atoms with E-state index in [4.69, 9.17) is 4.42 Å². The van der Waals surface area contributed by atoms with Crippen molar-refractivity contribution in [2.45, 2.75) is 10.5 Å². The third kappa shape index (κ3) is 3.14. The molecule has 0 saturated carbocycles. The van der Waals surface area contributed by atoms with E-state index in [1.54, 1.807) is 24.3 Å². The summed E-state index contributed by atoms with van der Waals surface area (Å²) in [5, 5.41) is 18.6. The first-order chi connectivity index (χ1) is 10.2. The molecular formula is C14H10N2O3S2. The van der Waals surface area contributed by atoms with Crippen molar-refractivity contribution < 1.29 is 14.3 Å². The van der Waals surface area contributed by atoms with Crippen LogP contribution >= 0.6 is 23.1 Å². The van der Waals surface area contributed by atoms with Gasteiger partial charge in [-0.2, -0.15) is 0 Å². The van der Waals surface area contributed by atoms with Crippen LogP contribution in [0.3, 0.4) is 0 Å². The van der Waals surface area contributed by atoms with Gasteiger partial charge in [0, 0.05) is 0 Å². The van der Waals surface area contributed by atoms with Gasteiger partial charge in [0.1, 0.15) is 5.25 Å². The highest BCUT2D eigenvalue weighted by molar-refractivity contribution is 8.00. The Morgan fingerprint density at radius 3 is 2.67 bits per heavy atom. The lowest BCUT2D eigenvalue weighted by atomic mass is 10.1. The third-order valence-corrected chi connectivity index (χ3v) is 4.62. The summed E-state index contributed by atoms with van der Waals surface area (Å²) in [7, 11) is 0. The van der Waals surface area contributed by atoms with Gasteiger partial charge < -0.3 is 9.52 Å². The van der Waals surface area contributed by atoms with E-state index >= 15 is 0 Å². The van der Waals surface area contributed by atoms with Gasteiger partial charge in [0.05, 0.1) is 4.88 Å². The molecule has 7 heteroatoms. The predicted octanol–water partition coefficient (Wildman–Crippen LogP) is 3.72. The van der Waals surface area contributed by atoms with Crippen LogP contribution in [0.25, 0.3) is 10.8 Å². The lowest BCUT2D eigenvalue weighted by molar-refractivity contribution is -0.136. The van der Waals surface area contributed by atoms with Gasteiger partial charge in [0.2, 0.25) is 0 Å². The molecule has 3 rings (SSSR count). The van der Waals surface area contributed by atoms with Gasteiger partial charge in [-0.25, -0.2) is 0 Å². The summed E-state index contributed by atoms with van der Waals surface area (Å²) in [6, 6.07) is 12.7. The number of rotatable bonds is 5. The number of nitrogens with zero attached hydrogens (tertiary/aromatic N) is 2. The van der Waals surface area contributed by atoms with Crippen LogP contribution < -0.4 is 0 Å². The topological polar surface area (TPSA) is 76.2 Å². The van der Waals surface area contributed by atoms with Crippen LogP contribution in [0.5, 0.6) is 0 Å². The molecule has 0 aliphatic rings. The summed E-state index contributed by atoms with van der Waals surface area (Å²) in [4.78, 5) is 12.3. The fourth-order valence-electron chi connectivity index (χ4n) is 1.75. The van der Waals surface area contributed by atoms with Crippen LogP contribution in [0.2, 0.25) is 0 Å². The highest BCUT2D eigenvalue weighted by atomic mass is 32.2. The van der Waals surface area contributed by atoms with E-state index in [2.05, 4.69) is 10.2 Å². The van der Waals surface area contributed by atoms with E-state index in [1.807, 2.05) is 23.6 Å². The first kappa shape index (κ1) is 13.8. The van der Waals surface area contributed by atoms with Crippen LogP contribution in [0.15, 0.2) is 57.5 Å². The quantitative estimate of drug-likeness (QED) is 0.723. The highest BCUT2D eigenvalue weighted by Crippen LogP contribution is 2.36. The molecule has 106 valence electrons. The zero-order chi connectivity index (χ0) is 14.7. The summed E-state index contributed by atoms with van der Waals surface area (Å²) in [5.41, 5.74) is 0.686. The number of hydrogen-bond acceptors (Lipinski definition) is 6. The molecule has 0 saturated heterocycles. The molecule has 1 atom stereocenters. The van der Waals surface area contributed by atoms with E-state index in [0.717, 1.165) is 16.6 Å². The minimum Gasteiger partial charge on any atom is -0.480 e. The summed E-state index contributed by atoms with van der Waals surface area (Å²) in [6.45, 7) is 0. The number of carboxylic acid groups (broad SMARTS) is 1. The highest BCUT2D eigenvalue weighted by Gasteiger charge is 2.24. The van der Waals surface area contributed by atoms with Gasteiger partial charge in [-0.1, -0.05) is 36.4 Å². The Bertz CT molecular complexity index is 726. The van der Waals surface area contributed by atoms with Crippen molar-refractivity contribution >= 4 is 29.1 Å². The predicted molar refractivity (Wildman–Crippen MR) is 80.3 cm³/mol. The number of hydrogen-bond donors (Lipinski definition) is 1. The average Bonchev–Trinajstić information content (AvgIpc) is 3.16. The van der Waals surface area contributed by atoms with Gasteiger partial charge in [0.25, 0.3) is 11.1 Å². The summed E-state index contributed by atoms with van der Waals surface area (Å²) in [5.74, 6) is -0.535. The maximum atomic E-state index is 11.4. The molecule has 0 aliphatic carbocycles. The van der Waals surface area contributed by atoms with Gasteiger partial charge in [0.15, 0.2) is 0 Å². The molecule has 0 bridgehead atoms. The Labute approximate surface area is 128 Å². The van der Waals surface area contributed by atoms with Gasteiger partial charge in [-0.15, -0.1) is 21.5 Å². The standard InChI is InChI=1S/C14H10N2O3S2/c17-13(18)11(9-5-2-1-3-6-9)21-14-16-15-12(19-14)10-7-4-8-20-10/h1-8,11H,(H,17,18). The summed E-state index contributed by atoms with van der Waals surface area (Å²) < 4.78 is 5.52. The Morgan fingerprint density at radius 1 is 1.19 bits per heavy atom. The molecule has 1 unspecified atom stereocenters. The normalized spacial score (nSPS) is 12.2. The summed E-state index contributed by atoms with van der Waals surface area (Å²) in [6.07, 6.45) is 0. The Hall–Kier alpha value is -2.12. The molecule has 21 heavy (non-hydrogen) atoms. The van der Waals surface area contributed by atoms with Crippen LogP contribution in [-0.2, 0) is 4.79 Å². The zero-order valence-corrected chi connectivity index (χ0v) is 12.3. The molecule has 2 aromatic heterocycles. The second-order valence-corrected chi connectivity index (χ2v) is 6.10. The largest absolute Gasteiger partial charge is 0.480 e. The fourth-order valence-corrected chi connectivity index (χ4v) is 3.20. The molecule has 1 N–H and O–H groups in total. The van der Waals surface area contributed by atoms with Gasteiger partial charge in [-0.3, -0.25) is 4.79 Å². The maximum absolute atomic E-state index is 11.4. The van der Waals surface area contributed by atoms with E-state index in [0.29, 0.717) is 11.5 Å². The Balaban J connectivity index is 1.82. The fraction of sp³-hybridized carbons (Fsp3) is 0.0714. The van der Waals surface area contributed by atoms with Crippen LogP contribution in [0.1, 0.15) is 10.8 Å².